The fraction of sp³-hybridized carbons (Fsp3) is 0.875. The second kappa shape index (κ2) is 11.6. The molecule has 0 aromatic rings. The lowest BCUT2D eigenvalue weighted by molar-refractivity contribution is -0.152. The third-order valence-corrected chi connectivity index (χ3v) is 11.1. The Bertz CT molecular complexity index is 818. The minimum absolute atomic E-state index is 0.0191. The fourth-order valence-corrected chi connectivity index (χ4v) is 9.17. The molecule has 0 heterocycles. The molecule has 4 rings (SSSR count). The number of allylic oxidation sites excluding steroid dienone is 1. The Kier molecular flexibility index (Phi) is 8.93. The van der Waals surface area contributed by atoms with Crippen LogP contribution in [0.4, 0.5) is 0 Å². The summed E-state index contributed by atoms with van der Waals surface area (Å²) in [7, 11) is 1.60. The highest BCUT2D eigenvalue weighted by molar-refractivity contribution is 5.81. The lowest BCUT2D eigenvalue weighted by atomic mass is 9.48. The van der Waals surface area contributed by atoms with E-state index in [9.17, 15) is 9.59 Å². The van der Waals surface area contributed by atoms with Gasteiger partial charge in [-0.15, -0.1) is 0 Å². The summed E-state index contributed by atoms with van der Waals surface area (Å²) in [6, 6.07) is 0. The van der Waals surface area contributed by atoms with Crippen molar-refractivity contribution in [3.63, 3.8) is 0 Å². The molecule has 4 nitrogen and oxygen atoms in total. The van der Waals surface area contributed by atoms with Crippen molar-refractivity contribution in [1.82, 2.24) is 5.32 Å². The number of hydrogen-bond acceptors (Lipinski definition) is 3. The highest BCUT2D eigenvalue weighted by Gasteiger charge is 2.56. The van der Waals surface area contributed by atoms with E-state index >= 15 is 0 Å². The van der Waals surface area contributed by atoms with Crippen LogP contribution in [-0.4, -0.2) is 25.0 Å². The number of carbonyl (C=O) groups is 2. The zero-order chi connectivity index (χ0) is 26.0. The van der Waals surface area contributed by atoms with Crippen LogP contribution < -0.4 is 5.32 Å². The van der Waals surface area contributed by atoms with E-state index in [1.807, 2.05) is 0 Å². The van der Waals surface area contributed by atoms with Crippen molar-refractivity contribution < 1.29 is 14.3 Å². The quantitative estimate of drug-likeness (QED) is 0.267. The number of fused-ring (bicyclic) bond motifs is 5. The van der Waals surface area contributed by atoms with Crippen LogP contribution in [-0.2, 0) is 14.3 Å². The van der Waals surface area contributed by atoms with Gasteiger partial charge in [0.15, 0.2) is 0 Å². The van der Waals surface area contributed by atoms with Crippen LogP contribution >= 0.6 is 0 Å². The molecule has 0 bridgehead atoms. The summed E-state index contributed by atoms with van der Waals surface area (Å²) in [4.78, 5) is 23.8. The zero-order valence-corrected chi connectivity index (χ0v) is 24.0. The molecule has 4 heteroatoms. The number of carbonyl (C=O) groups excluding carboxylic acids is 2. The predicted octanol–water partition coefficient (Wildman–Crippen LogP) is 7.32. The van der Waals surface area contributed by atoms with Gasteiger partial charge in [-0.3, -0.25) is 9.59 Å². The van der Waals surface area contributed by atoms with Crippen molar-refractivity contribution in [2.75, 3.05) is 7.05 Å². The molecule has 0 aromatic heterocycles. The predicted molar refractivity (Wildman–Crippen MR) is 146 cm³/mol. The molecule has 4 aliphatic carbocycles. The van der Waals surface area contributed by atoms with Gasteiger partial charge in [0.25, 0.3) is 0 Å². The van der Waals surface area contributed by atoms with E-state index in [-0.39, 0.29) is 36.2 Å². The van der Waals surface area contributed by atoms with Gasteiger partial charge in [0.05, 0.1) is 6.42 Å². The average molecular weight is 500 g/mol. The lowest BCUT2D eigenvalue weighted by Gasteiger charge is -2.57. The third kappa shape index (κ3) is 5.73. The molecule has 0 aliphatic heterocycles. The minimum Gasteiger partial charge on any atom is -0.462 e. The molecule has 0 aromatic carbocycles. The van der Waals surface area contributed by atoms with E-state index in [4.69, 9.17) is 4.74 Å². The van der Waals surface area contributed by atoms with Crippen LogP contribution in [0.25, 0.3) is 0 Å². The number of ether oxygens (including phenoxy) is 1. The Morgan fingerprint density at radius 1 is 1.11 bits per heavy atom. The molecule has 0 spiro atoms. The monoisotopic (exact) mass is 499 g/mol. The number of hydrogen-bond donors (Lipinski definition) is 1. The first-order valence-electron chi connectivity index (χ1n) is 15.2. The molecular formula is C32H53NO3. The summed E-state index contributed by atoms with van der Waals surface area (Å²) in [5.41, 5.74) is 1.83. The Hall–Kier alpha value is -1.32. The van der Waals surface area contributed by atoms with E-state index in [1.165, 1.54) is 44.9 Å². The normalized spacial score (nSPS) is 38.4. The van der Waals surface area contributed by atoms with Gasteiger partial charge in [-0.2, -0.15) is 0 Å². The Morgan fingerprint density at radius 2 is 1.89 bits per heavy atom. The van der Waals surface area contributed by atoms with Crippen LogP contribution in [0.15, 0.2) is 11.6 Å². The van der Waals surface area contributed by atoms with Gasteiger partial charge < -0.3 is 10.1 Å². The van der Waals surface area contributed by atoms with E-state index < -0.39 is 0 Å². The van der Waals surface area contributed by atoms with E-state index in [0.717, 1.165) is 66.6 Å². The SMILES string of the molecule is CNC(=O)CCC(=O)O[C@H]1CC[C@@]2(C)C(=CCC3C4CCC([C@H](C)CCCC(C)C)C4[C@H](C)CC32)C1. The van der Waals surface area contributed by atoms with Crippen LogP contribution in [0.3, 0.4) is 0 Å². The minimum atomic E-state index is -0.227. The molecule has 0 saturated heterocycles. The van der Waals surface area contributed by atoms with Crippen LogP contribution in [0, 0.1) is 52.8 Å². The number of rotatable bonds is 9. The average Bonchev–Trinajstić information content (AvgIpc) is 3.29. The van der Waals surface area contributed by atoms with Gasteiger partial charge in [-0.1, -0.05) is 65.5 Å². The molecule has 1 N–H and O–H groups in total. The molecule has 1 amide bonds. The molecule has 5 unspecified atom stereocenters. The first-order chi connectivity index (χ1) is 17.1. The molecular weight excluding hydrogens is 446 g/mol. The highest BCUT2D eigenvalue weighted by Crippen LogP contribution is 2.64. The van der Waals surface area contributed by atoms with Crippen LogP contribution in [0.1, 0.15) is 112 Å². The summed E-state index contributed by atoms with van der Waals surface area (Å²) in [5.74, 6) is 6.59. The van der Waals surface area contributed by atoms with Gasteiger partial charge in [0.2, 0.25) is 5.91 Å². The second-order valence-corrected chi connectivity index (χ2v) is 13.7. The molecule has 9 atom stereocenters. The molecule has 36 heavy (non-hydrogen) atoms. The van der Waals surface area contributed by atoms with E-state index in [1.54, 1.807) is 12.6 Å². The first-order valence-corrected chi connectivity index (χ1v) is 15.2. The molecule has 3 saturated carbocycles. The third-order valence-electron chi connectivity index (χ3n) is 11.1. The van der Waals surface area contributed by atoms with Crippen molar-refractivity contribution in [3.05, 3.63) is 11.6 Å². The van der Waals surface area contributed by atoms with Crippen molar-refractivity contribution in [1.29, 1.82) is 0 Å². The summed E-state index contributed by atoms with van der Waals surface area (Å²) in [6.45, 7) is 12.4. The fourth-order valence-electron chi connectivity index (χ4n) is 9.17. The standard InChI is InChI=1S/C32H53NO3/c1-20(2)8-7-9-21(3)25-12-13-27-26-11-10-23-19-24(36-30(35)15-14-29(34)33-6)16-17-32(23,5)28(26)18-22(4)31(25)27/h10,20-22,24-28,31H,7-9,11-19H2,1-6H3,(H,33,34)/t21-,22-,24+,25?,26?,27?,28?,31?,32+/m1/s1. The maximum Gasteiger partial charge on any atom is 0.306 e. The largest absolute Gasteiger partial charge is 0.462 e. The molecule has 204 valence electrons. The van der Waals surface area contributed by atoms with Gasteiger partial charge >= 0.3 is 5.97 Å². The lowest BCUT2D eigenvalue weighted by Crippen LogP contribution is -2.50. The van der Waals surface area contributed by atoms with Gasteiger partial charge in [-0.05, 0) is 91.3 Å². The van der Waals surface area contributed by atoms with Crippen LogP contribution in [0.2, 0.25) is 0 Å². The van der Waals surface area contributed by atoms with Crippen molar-refractivity contribution in [2.45, 2.75) is 118 Å². The Balaban J connectivity index is 1.38. The molecule has 0 radical (unpaired) electrons. The maximum absolute atomic E-state index is 12.3. The summed E-state index contributed by atoms with van der Waals surface area (Å²) in [6.07, 6.45) is 15.6. The van der Waals surface area contributed by atoms with E-state index in [2.05, 4.69) is 46.0 Å². The van der Waals surface area contributed by atoms with Crippen LogP contribution in [0.5, 0.6) is 0 Å². The molecule has 3 fully saturated rings. The number of amides is 1. The smallest absolute Gasteiger partial charge is 0.306 e. The Labute approximate surface area is 220 Å². The van der Waals surface area contributed by atoms with Gasteiger partial charge in [-0.25, -0.2) is 0 Å². The van der Waals surface area contributed by atoms with Gasteiger partial charge in [0.1, 0.15) is 6.10 Å². The first kappa shape index (κ1) is 27.7. The Morgan fingerprint density at radius 3 is 2.61 bits per heavy atom. The summed E-state index contributed by atoms with van der Waals surface area (Å²) in [5, 5.41) is 2.58. The van der Waals surface area contributed by atoms with Crippen molar-refractivity contribution in [2.24, 2.45) is 52.8 Å². The highest BCUT2D eigenvalue weighted by atomic mass is 16.5. The topological polar surface area (TPSA) is 55.4 Å². The number of nitrogens with one attached hydrogen (secondary N) is 1. The van der Waals surface area contributed by atoms with Gasteiger partial charge in [0, 0.05) is 19.9 Å². The zero-order valence-electron chi connectivity index (χ0n) is 24.0. The second-order valence-electron chi connectivity index (χ2n) is 13.7. The van der Waals surface area contributed by atoms with Crippen molar-refractivity contribution >= 4 is 11.9 Å². The van der Waals surface area contributed by atoms with E-state index in [0.29, 0.717) is 0 Å². The maximum atomic E-state index is 12.3. The summed E-state index contributed by atoms with van der Waals surface area (Å²) < 4.78 is 5.83. The number of esters is 1. The molecule has 4 aliphatic rings. The summed E-state index contributed by atoms with van der Waals surface area (Å²) >= 11 is 0. The van der Waals surface area contributed by atoms with Crippen molar-refractivity contribution in [3.8, 4) is 0 Å².